The summed E-state index contributed by atoms with van der Waals surface area (Å²) in [6, 6.07) is 13.6. The summed E-state index contributed by atoms with van der Waals surface area (Å²) < 4.78 is 17.5. The number of carbonyl (C=O) groups excluding carboxylic acids is 5. The third-order valence-corrected chi connectivity index (χ3v) is 12.9. The lowest BCUT2D eigenvalue weighted by Gasteiger charge is -2.41. The van der Waals surface area contributed by atoms with Crippen molar-refractivity contribution in [2.45, 2.75) is 163 Å². The number of amides is 5. The summed E-state index contributed by atoms with van der Waals surface area (Å²) in [6.07, 6.45) is -0.668. The summed E-state index contributed by atoms with van der Waals surface area (Å²) in [4.78, 5) is 74.7. The van der Waals surface area contributed by atoms with Crippen molar-refractivity contribution in [2.24, 2.45) is 23.7 Å². The molecule has 370 valence electrons. The van der Waals surface area contributed by atoms with Crippen molar-refractivity contribution >= 4 is 35.4 Å². The van der Waals surface area contributed by atoms with E-state index in [1.165, 1.54) is 0 Å². The molecule has 1 aliphatic heterocycles. The van der Waals surface area contributed by atoms with Crippen LogP contribution in [0, 0.1) is 23.7 Å². The highest BCUT2D eigenvalue weighted by Gasteiger charge is 2.43. The molecule has 0 aromatic heterocycles. The summed E-state index contributed by atoms with van der Waals surface area (Å²) in [5, 5.41) is 19.7. The molecule has 3 rings (SSSR count). The number of rotatable bonds is 23. The quantitative estimate of drug-likeness (QED) is 0.0928. The average molecular weight is 923 g/mol. The van der Waals surface area contributed by atoms with Crippen LogP contribution in [0.4, 0.5) is 10.5 Å². The Morgan fingerprint density at radius 2 is 1.52 bits per heavy atom. The van der Waals surface area contributed by atoms with Crippen molar-refractivity contribution in [3.8, 4) is 0 Å². The zero-order chi connectivity index (χ0) is 49.6. The maximum absolute atomic E-state index is 14.7. The predicted octanol–water partition coefficient (Wildman–Crippen LogP) is 6.79. The number of carbonyl (C=O) groups is 5. The van der Waals surface area contributed by atoms with E-state index in [0.717, 1.165) is 12.0 Å². The van der Waals surface area contributed by atoms with Crippen molar-refractivity contribution in [2.75, 3.05) is 40.2 Å². The van der Waals surface area contributed by atoms with E-state index in [2.05, 4.69) is 16.0 Å². The van der Waals surface area contributed by atoms with Crippen LogP contribution in [0.3, 0.4) is 0 Å². The van der Waals surface area contributed by atoms with Crippen molar-refractivity contribution < 1.29 is 43.3 Å². The van der Waals surface area contributed by atoms with Crippen LogP contribution in [-0.4, -0.2) is 132 Å². The minimum Gasteiger partial charge on any atom is -0.444 e. The Morgan fingerprint density at radius 3 is 2.08 bits per heavy atom. The van der Waals surface area contributed by atoms with Crippen molar-refractivity contribution in [3.63, 3.8) is 0 Å². The molecule has 10 unspecified atom stereocenters. The number of hydrogen-bond donors (Lipinski definition) is 4. The minimum absolute atomic E-state index is 0.00957. The van der Waals surface area contributed by atoms with Crippen LogP contribution in [0.2, 0.25) is 0 Å². The van der Waals surface area contributed by atoms with Gasteiger partial charge in [0.25, 0.3) is 0 Å². The molecule has 0 aliphatic carbocycles. The smallest absolute Gasteiger partial charge is 0.412 e. The van der Waals surface area contributed by atoms with E-state index >= 15 is 0 Å². The molecule has 5 amide bonds. The van der Waals surface area contributed by atoms with Crippen LogP contribution in [0.25, 0.3) is 0 Å². The lowest BCUT2D eigenvalue weighted by molar-refractivity contribution is -0.148. The third-order valence-electron chi connectivity index (χ3n) is 12.9. The number of likely N-dealkylation sites (tertiary alicyclic amines) is 1. The fourth-order valence-corrected chi connectivity index (χ4v) is 9.22. The molecule has 66 heavy (non-hydrogen) atoms. The Kier molecular flexibility index (Phi) is 21.6. The molecule has 0 spiro atoms. The normalized spacial score (nSPS) is 18.4. The second kappa shape index (κ2) is 25.5. The van der Waals surface area contributed by atoms with Crippen LogP contribution >= 0.6 is 0 Å². The highest BCUT2D eigenvalue weighted by molar-refractivity contribution is 5.90. The molecule has 4 N–H and O–H groups in total. The number of ether oxygens (including phenoxy) is 3. The lowest BCUT2D eigenvalue weighted by atomic mass is 9.89. The van der Waals surface area contributed by atoms with Crippen LogP contribution in [0.1, 0.15) is 119 Å². The standard InChI is InChI=1S/C51H82N6O9/c1-16-33(6)44(40(64-14)29-41(58)57-27-21-26-39(57)46(65-15)34(7)47(60)52-35(8)45(59)37-23-18-17-19-24-37)56(13)49(62)42(31(2)3)54-48(61)43(32(4)5)55(12)30-36-22-20-25-38(28-36)53-50(63)66-51(9,10)11/h17-20,22-25,28,31-35,39-40,42-46,59H,16,21,26-27,29-30H2,1-15H3,(H,52,60)(H,53,63)(H,54,61). The molecule has 2 aromatic rings. The highest BCUT2D eigenvalue weighted by Crippen LogP contribution is 2.30. The van der Waals surface area contributed by atoms with E-state index in [9.17, 15) is 29.1 Å². The molecule has 0 bridgehead atoms. The van der Waals surface area contributed by atoms with E-state index < -0.39 is 60.1 Å². The van der Waals surface area contributed by atoms with Gasteiger partial charge in [0.15, 0.2) is 0 Å². The SMILES string of the molecule is CCC(C)C(C(CC(=O)N1CCCC1C(OC)C(C)C(=O)NC(C)C(O)c1ccccc1)OC)N(C)C(=O)C(NC(=O)C(C(C)C)N(C)Cc1cccc(NC(=O)OC(C)(C)C)c1)C(C)C. The molecule has 1 aliphatic rings. The molecule has 1 saturated heterocycles. The van der Waals surface area contributed by atoms with Crippen molar-refractivity contribution in [1.29, 1.82) is 0 Å². The summed E-state index contributed by atoms with van der Waals surface area (Å²) in [7, 11) is 6.69. The topological polar surface area (TPSA) is 179 Å². The van der Waals surface area contributed by atoms with Gasteiger partial charge in [-0.15, -0.1) is 0 Å². The van der Waals surface area contributed by atoms with Gasteiger partial charge in [-0.2, -0.15) is 0 Å². The number of aliphatic hydroxyl groups is 1. The molecule has 15 heteroatoms. The Balaban J connectivity index is 1.76. The number of aliphatic hydroxyl groups excluding tert-OH is 1. The molecule has 15 nitrogen and oxygen atoms in total. The summed E-state index contributed by atoms with van der Waals surface area (Å²) >= 11 is 0. The maximum atomic E-state index is 14.7. The maximum Gasteiger partial charge on any atom is 0.412 e. The molecular formula is C51H82N6O9. The number of benzene rings is 2. The molecule has 1 heterocycles. The number of methoxy groups -OCH3 is 2. The van der Waals surface area contributed by atoms with Gasteiger partial charge in [-0.1, -0.05) is 97.4 Å². The second-order valence-corrected chi connectivity index (χ2v) is 19.9. The predicted molar refractivity (Wildman–Crippen MR) is 258 cm³/mol. The summed E-state index contributed by atoms with van der Waals surface area (Å²) in [6.45, 7) is 21.6. The van der Waals surface area contributed by atoms with E-state index in [0.29, 0.717) is 37.2 Å². The molecular weight excluding hydrogens is 841 g/mol. The fraction of sp³-hybridized carbons (Fsp3) is 0.667. The Labute approximate surface area is 395 Å². The van der Waals surface area contributed by atoms with Crippen LogP contribution in [0.5, 0.6) is 0 Å². The summed E-state index contributed by atoms with van der Waals surface area (Å²) in [5.74, 6) is -2.11. The monoisotopic (exact) mass is 923 g/mol. The molecule has 1 fully saturated rings. The van der Waals surface area contributed by atoms with Gasteiger partial charge >= 0.3 is 6.09 Å². The number of hydrogen-bond acceptors (Lipinski definition) is 10. The molecule has 0 saturated carbocycles. The summed E-state index contributed by atoms with van der Waals surface area (Å²) in [5.41, 5.74) is 1.50. The van der Waals surface area contributed by atoms with E-state index in [-0.39, 0.29) is 53.8 Å². The number of likely N-dealkylation sites (N-methyl/N-ethyl adjacent to an activating group) is 2. The minimum atomic E-state index is -0.897. The van der Waals surface area contributed by atoms with Gasteiger partial charge in [-0.25, -0.2) is 4.79 Å². The highest BCUT2D eigenvalue weighted by atomic mass is 16.6. The van der Waals surface area contributed by atoms with Crippen LogP contribution < -0.4 is 16.0 Å². The van der Waals surface area contributed by atoms with Gasteiger partial charge < -0.3 is 39.8 Å². The van der Waals surface area contributed by atoms with Crippen LogP contribution in [-0.2, 0) is 39.9 Å². The largest absolute Gasteiger partial charge is 0.444 e. The lowest BCUT2D eigenvalue weighted by Crippen LogP contribution is -2.60. The van der Waals surface area contributed by atoms with Gasteiger partial charge in [0.05, 0.1) is 54.8 Å². The van der Waals surface area contributed by atoms with Crippen molar-refractivity contribution in [3.05, 3.63) is 65.7 Å². The van der Waals surface area contributed by atoms with Gasteiger partial charge in [0.2, 0.25) is 23.6 Å². The first-order chi connectivity index (χ1) is 30.9. The number of anilines is 1. The fourth-order valence-electron chi connectivity index (χ4n) is 9.22. The first-order valence-electron chi connectivity index (χ1n) is 23.7. The van der Waals surface area contributed by atoms with Gasteiger partial charge in [-0.3, -0.25) is 29.4 Å². The van der Waals surface area contributed by atoms with Crippen molar-refractivity contribution in [1.82, 2.24) is 25.3 Å². The van der Waals surface area contributed by atoms with Gasteiger partial charge in [-0.05, 0) is 88.6 Å². The van der Waals surface area contributed by atoms with E-state index in [4.69, 9.17) is 14.2 Å². The first-order valence-corrected chi connectivity index (χ1v) is 23.7. The van der Waals surface area contributed by atoms with Crippen LogP contribution in [0.15, 0.2) is 54.6 Å². The number of nitrogens with zero attached hydrogens (tertiary/aromatic N) is 3. The zero-order valence-corrected chi connectivity index (χ0v) is 42.4. The molecule has 2 aromatic carbocycles. The third kappa shape index (κ3) is 15.5. The average Bonchev–Trinajstić information content (AvgIpc) is 3.74. The molecule has 10 atom stereocenters. The zero-order valence-electron chi connectivity index (χ0n) is 42.4. The Hall–Kier alpha value is -4.57. The van der Waals surface area contributed by atoms with Gasteiger partial charge in [0, 0.05) is 40.0 Å². The Bertz CT molecular complexity index is 1870. The van der Waals surface area contributed by atoms with E-state index in [1.54, 1.807) is 71.8 Å². The first kappa shape index (κ1) is 55.8. The van der Waals surface area contributed by atoms with Gasteiger partial charge in [0.1, 0.15) is 11.6 Å². The number of nitrogens with one attached hydrogen (secondary N) is 3. The van der Waals surface area contributed by atoms with E-state index in [1.807, 2.05) is 102 Å². The Morgan fingerprint density at radius 1 is 0.864 bits per heavy atom. The second-order valence-electron chi connectivity index (χ2n) is 19.9. The molecule has 0 radical (unpaired) electrons.